The van der Waals surface area contributed by atoms with Gasteiger partial charge in [-0.2, -0.15) is 0 Å². The lowest BCUT2D eigenvalue weighted by Gasteiger charge is -1.94. The Hall–Kier alpha value is -2.15. The summed E-state index contributed by atoms with van der Waals surface area (Å²) in [5, 5.41) is 0. The van der Waals surface area contributed by atoms with Crippen LogP contribution in [0.4, 0.5) is 0 Å². The van der Waals surface area contributed by atoms with Gasteiger partial charge in [0.2, 0.25) is 5.91 Å². The van der Waals surface area contributed by atoms with Crippen molar-refractivity contribution in [2.45, 2.75) is 13.3 Å². The molecule has 0 aliphatic heterocycles. The number of carbonyl (C=O) groups excluding carboxylic acids is 2. The van der Waals surface area contributed by atoms with Crippen molar-refractivity contribution in [2.24, 2.45) is 5.73 Å². The van der Waals surface area contributed by atoms with Crippen LogP contribution in [-0.4, -0.2) is 16.7 Å². The summed E-state index contributed by atoms with van der Waals surface area (Å²) in [4.78, 5) is 25.4. The predicted octanol–water partition coefficient (Wildman–Crippen LogP) is 0.511. The Labute approximate surface area is 87.5 Å². The minimum absolute atomic E-state index is 0.00796. The van der Waals surface area contributed by atoms with Gasteiger partial charge in [-0.15, -0.1) is 0 Å². The van der Waals surface area contributed by atoms with Gasteiger partial charge in [-0.25, -0.2) is 4.98 Å². The molecule has 0 atom stereocenters. The van der Waals surface area contributed by atoms with Gasteiger partial charge in [-0.05, 0) is 18.1 Å². The van der Waals surface area contributed by atoms with Gasteiger partial charge in [0.25, 0.3) is 0 Å². The van der Waals surface area contributed by atoms with E-state index in [1.54, 1.807) is 18.2 Å². The molecule has 4 nitrogen and oxygen atoms in total. The molecule has 1 aromatic heterocycles. The second kappa shape index (κ2) is 4.91. The molecule has 0 saturated carbocycles. The Balaban J connectivity index is 2.85. The number of pyridine rings is 1. The number of Topliss-reactive ketones (excluding diaryl/α,β-unsaturated/α-hetero) is 1. The fraction of sp³-hybridized carbons (Fsp3) is 0.182. The van der Waals surface area contributed by atoms with E-state index >= 15 is 0 Å². The van der Waals surface area contributed by atoms with E-state index in [1.807, 2.05) is 0 Å². The van der Waals surface area contributed by atoms with Crippen molar-refractivity contribution in [3.05, 3.63) is 29.6 Å². The molecule has 0 saturated heterocycles. The van der Waals surface area contributed by atoms with Gasteiger partial charge in [-0.3, -0.25) is 9.59 Å². The van der Waals surface area contributed by atoms with Gasteiger partial charge >= 0.3 is 0 Å². The summed E-state index contributed by atoms with van der Waals surface area (Å²) in [6.07, 6.45) is -0.00796. The topological polar surface area (TPSA) is 73.1 Å². The highest BCUT2D eigenvalue weighted by Gasteiger charge is 1.99. The third kappa shape index (κ3) is 3.61. The molecule has 1 rings (SSSR count). The van der Waals surface area contributed by atoms with Crippen LogP contribution in [0.2, 0.25) is 0 Å². The summed E-state index contributed by atoms with van der Waals surface area (Å²) >= 11 is 0. The van der Waals surface area contributed by atoms with Gasteiger partial charge in [0.15, 0.2) is 5.78 Å². The zero-order chi connectivity index (χ0) is 11.3. The summed E-state index contributed by atoms with van der Waals surface area (Å²) in [7, 11) is 0. The van der Waals surface area contributed by atoms with Crippen molar-refractivity contribution in [1.82, 2.24) is 4.98 Å². The van der Waals surface area contributed by atoms with Crippen molar-refractivity contribution in [3.63, 3.8) is 0 Å². The Morgan fingerprint density at radius 2 is 2.20 bits per heavy atom. The Bertz CT molecular complexity index is 455. The molecule has 2 N–H and O–H groups in total. The third-order valence-corrected chi connectivity index (χ3v) is 1.59. The lowest BCUT2D eigenvalue weighted by Crippen LogP contribution is -2.08. The monoisotopic (exact) mass is 202 g/mol. The fourth-order valence-electron chi connectivity index (χ4n) is 0.922. The molecule has 4 heteroatoms. The number of rotatable bonds is 2. The van der Waals surface area contributed by atoms with E-state index in [2.05, 4.69) is 16.8 Å². The molecule has 1 amide bonds. The Kier molecular flexibility index (Phi) is 3.58. The number of nitrogens with zero attached hydrogens (tertiary/aromatic N) is 1. The minimum Gasteiger partial charge on any atom is -0.369 e. The molecule has 1 aromatic rings. The van der Waals surface area contributed by atoms with E-state index in [0.717, 1.165) is 0 Å². The number of nitrogens with two attached hydrogens (primary N) is 1. The summed E-state index contributed by atoms with van der Waals surface area (Å²) in [6.45, 7) is 1.43. The van der Waals surface area contributed by atoms with E-state index < -0.39 is 5.91 Å². The smallest absolute Gasteiger partial charge is 0.229 e. The van der Waals surface area contributed by atoms with Gasteiger partial charge in [0.05, 0.1) is 6.42 Å². The first-order chi connectivity index (χ1) is 7.09. The number of carbonyl (C=O) groups is 2. The van der Waals surface area contributed by atoms with E-state index in [-0.39, 0.29) is 12.2 Å². The fourth-order valence-corrected chi connectivity index (χ4v) is 0.922. The van der Waals surface area contributed by atoms with Crippen LogP contribution in [0.1, 0.15) is 29.5 Å². The predicted molar refractivity (Wildman–Crippen MR) is 54.9 cm³/mol. The van der Waals surface area contributed by atoms with Crippen LogP contribution >= 0.6 is 0 Å². The lowest BCUT2D eigenvalue weighted by molar-refractivity contribution is -0.117. The van der Waals surface area contributed by atoms with Crippen LogP contribution < -0.4 is 5.73 Å². The number of ketones is 1. The number of hydrogen-bond donors (Lipinski definition) is 1. The van der Waals surface area contributed by atoms with Crippen LogP contribution in [-0.2, 0) is 4.79 Å². The molecule has 0 radical (unpaired) electrons. The molecule has 0 aromatic carbocycles. The Morgan fingerprint density at radius 1 is 1.47 bits per heavy atom. The molecule has 0 unspecified atom stereocenters. The standard InChI is InChI=1S/C11H10N2O2/c1-8(14)10-6-2-4-9(13-10)5-3-7-11(12)15/h2,4,6H,7H2,1H3,(H2,12,15). The number of hydrogen-bond acceptors (Lipinski definition) is 3. The van der Waals surface area contributed by atoms with E-state index in [9.17, 15) is 9.59 Å². The third-order valence-electron chi connectivity index (χ3n) is 1.59. The average Bonchev–Trinajstić information content (AvgIpc) is 2.17. The quantitative estimate of drug-likeness (QED) is 0.561. The minimum atomic E-state index is -0.481. The van der Waals surface area contributed by atoms with Crippen LogP contribution in [0, 0.1) is 11.8 Å². The van der Waals surface area contributed by atoms with Crippen LogP contribution in [0.25, 0.3) is 0 Å². The SMILES string of the molecule is CC(=O)c1cccc(C#CCC(N)=O)n1. The van der Waals surface area contributed by atoms with Crippen molar-refractivity contribution in [2.75, 3.05) is 0 Å². The van der Waals surface area contributed by atoms with Gasteiger partial charge in [0, 0.05) is 6.92 Å². The second-order valence-corrected chi connectivity index (χ2v) is 2.91. The molecule has 1 heterocycles. The first-order valence-electron chi connectivity index (χ1n) is 4.35. The van der Waals surface area contributed by atoms with Crippen molar-refractivity contribution in [3.8, 4) is 11.8 Å². The summed E-state index contributed by atoms with van der Waals surface area (Å²) in [5.41, 5.74) is 5.74. The average molecular weight is 202 g/mol. The highest BCUT2D eigenvalue weighted by Crippen LogP contribution is 1.98. The largest absolute Gasteiger partial charge is 0.369 e. The molecule has 76 valence electrons. The van der Waals surface area contributed by atoms with Crippen molar-refractivity contribution >= 4 is 11.7 Å². The molecular formula is C11H10N2O2. The molecule has 15 heavy (non-hydrogen) atoms. The van der Waals surface area contributed by atoms with Gasteiger partial charge in [-0.1, -0.05) is 12.0 Å². The molecule has 0 aliphatic carbocycles. The lowest BCUT2D eigenvalue weighted by atomic mass is 10.2. The zero-order valence-electron chi connectivity index (χ0n) is 8.28. The summed E-state index contributed by atoms with van der Waals surface area (Å²) in [6, 6.07) is 4.97. The highest BCUT2D eigenvalue weighted by atomic mass is 16.1. The molecule has 0 aliphatic rings. The second-order valence-electron chi connectivity index (χ2n) is 2.91. The zero-order valence-corrected chi connectivity index (χ0v) is 8.28. The van der Waals surface area contributed by atoms with Crippen molar-refractivity contribution in [1.29, 1.82) is 0 Å². The van der Waals surface area contributed by atoms with E-state index in [0.29, 0.717) is 11.4 Å². The first kappa shape index (κ1) is 10.9. The van der Waals surface area contributed by atoms with Crippen molar-refractivity contribution < 1.29 is 9.59 Å². The van der Waals surface area contributed by atoms with Gasteiger partial charge < -0.3 is 5.73 Å². The number of primary amides is 1. The van der Waals surface area contributed by atoms with Gasteiger partial charge in [0.1, 0.15) is 11.4 Å². The maximum Gasteiger partial charge on any atom is 0.229 e. The molecule has 0 spiro atoms. The maximum absolute atomic E-state index is 11.0. The van der Waals surface area contributed by atoms with Crippen LogP contribution in [0.3, 0.4) is 0 Å². The van der Waals surface area contributed by atoms with Crippen LogP contribution in [0.15, 0.2) is 18.2 Å². The normalized spacial score (nSPS) is 8.87. The molecule has 0 bridgehead atoms. The summed E-state index contributed by atoms with van der Waals surface area (Å²) < 4.78 is 0. The summed E-state index contributed by atoms with van der Waals surface area (Å²) in [5.74, 6) is 4.63. The van der Waals surface area contributed by atoms with E-state index in [4.69, 9.17) is 5.73 Å². The number of aromatic nitrogens is 1. The molecule has 0 fully saturated rings. The molecular weight excluding hydrogens is 192 g/mol. The first-order valence-corrected chi connectivity index (χ1v) is 4.35. The van der Waals surface area contributed by atoms with Crippen LogP contribution in [0.5, 0.6) is 0 Å². The number of amides is 1. The Morgan fingerprint density at radius 3 is 2.80 bits per heavy atom. The highest BCUT2D eigenvalue weighted by molar-refractivity contribution is 5.92. The van der Waals surface area contributed by atoms with E-state index in [1.165, 1.54) is 6.92 Å². The maximum atomic E-state index is 11.0.